The standard InChI is InChI=1S/C16H26N4O/c1-3-5-6-7-8-12-9-10-14(13(4-2)11-12)19-16(21)20-15(17)18/h9-11H,3-8H2,1-2H3,(H5,17,18,19,20,21). The van der Waals surface area contributed by atoms with Crippen molar-refractivity contribution in [3.05, 3.63) is 29.3 Å². The van der Waals surface area contributed by atoms with Crippen LogP contribution in [0.2, 0.25) is 0 Å². The van der Waals surface area contributed by atoms with Gasteiger partial charge in [-0.2, -0.15) is 0 Å². The smallest absolute Gasteiger partial charge is 0.325 e. The van der Waals surface area contributed by atoms with Crippen LogP contribution in [0.4, 0.5) is 10.5 Å². The van der Waals surface area contributed by atoms with Gasteiger partial charge >= 0.3 is 6.03 Å². The molecular formula is C16H26N4O. The lowest BCUT2D eigenvalue weighted by atomic mass is 10.0. The minimum atomic E-state index is -0.479. The number of hydrogen-bond acceptors (Lipinski definition) is 2. The van der Waals surface area contributed by atoms with Gasteiger partial charge in [0.15, 0.2) is 5.96 Å². The number of carbonyl (C=O) groups excluding carboxylic acids is 1. The molecule has 1 aromatic rings. The molecule has 0 fully saturated rings. The summed E-state index contributed by atoms with van der Waals surface area (Å²) in [6.07, 6.45) is 6.92. The monoisotopic (exact) mass is 290 g/mol. The van der Waals surface area contributed by atoms with Gasteiger partial charge in [0.2, 0.25) is 0 Å². The van der Waals surface area contributed by atoms with Crippen LogP contribution < -0.4 is 16.4 Å². The topological polar surface area (TPSA) is 91.0 Å². The highest BCUT2D eigenvalue weighted by Crippen LogP contribution is 2.20. The van der Waals surface area contributed by atoms with Crippen LogP contribution in [-0.4, -0.2) is 12.0 Å². The van der Waals surface area contributed by atoms with E-state index in [1.165, 1.54) is 31.2 Å². The Morgan fingerprint density at radius 1 is 1.24 bits per heavy atom. The summed E-state index contributed by atoms with van der Waals surface area (Å²) < 4.78 is 0. The highest BCUT2D eigenvalue weighted by Gasteiger charge is 2.07. The van der Waals surface area contributed by atoms with Crippen LogP contribution in [0.15, 0.2) is 18.2 Å². The molecule has 0 aliphatic carbocycles. The minimum absolute atomic E-state index is 0.363. The number of hydrogen-bond donors (Lipinski definition) is 4. The first kappa shape index (κ1) is 17.0. The van der Waals surface area contributed by atoms with E-state index in [0.29, 0.717) is 0 Å². The van der Waals surface area contributed by atoms with E-state index in [9.17, 15) is 4.79 Å². The summed E-state index contributed by atoms with van der Waals surface area (Å²) in [4.78, 5) is 11.6. The first-order valence-electron chi connectivity index (χ1n) is 7.60. The van der Waals surface area contributed by atoms with Gasteiger partial charge in [-0.25, -0.2) is 4.79 Å². The zero-order valence-electron chi connectivity index (χ0n) is 13.0. The lowest BCUT2D eigenvalue weighted by molar-refractivity contribution is 0.256. The molecular weight excluding hydrogens is 264 g/mol. The maximum atomic E-state index is 11.6. The molecule has 5 N–H and O–H groups in total. The molecule has 0 spiro atoms. The Labute approximate surface area is 126 Å². The second-order valence-corrected chi connectivity index (χ2v) is 5.15. The number of rotatable bonds is 7. The molecule has 0 bridgehead atoms. The number of anilines is 1. The van der Waals surface area contributed by atoms with E-state index >= 15 is 0 Å². The number of benzene rings is 1. The zero-order chi connectivity index (χ0) is 15.7. The van der Waals surface area contributed by atoms with Crippen molar-refractivity contribution in [1.82, 2.24) is 5.32 Å². The highest BCUT2D eigenvalue weighted by molar-refractivity contribution is 6.01. The van der Waals surface area contributed by atoms with Crippen LogP contribution in [0, 0.1) is 5.41 Å². The Hall–Kier alpha value is -2.04. The van der Waals surface area contributed by atoms with Crippen LogP contribution in [0.25, 0.3) is 0 Å². The Morgan fingerprint density at radius 2 is 2.00 bits per heavy atom. The van der Waals surface area contributed by atoms with E-state index in [1.54, 1.807) is 0 Å². The normalized spacial score (nSPS) is 10.2. The third-order valence-corrected chi connectivity index (χ3v) is 3.37. The Balaban J connectivity index is 2.65. The molecule has 0 aromatic heterocycles. The molecule has 0 saturated heterocycles. The number of nitrogens with two attached hydrogens (primary N) is 1. The van der Waals surface area contributed by atoms with E-state index in [1.807, 2.05) is 6.07 Å². The van der Waals surface area contributed by atoms with Crippen molar-refractivity contribution in [2.75, 3.05) is 5.32 Å². The predicted octanol–water partition coefficient (Wildman–Crippen LogP) is 3.39. The van der Waals surface area contributed by atoms with E-state index in [2.05, 4.69) is 36.6 Å². The van der Waals surface area contributed by atoms with Gasteiger partial charge in [0.05, 0.1) is 0 Å². The fraction of sp³-hybridized carbons (Fsp3) is 0.500. The van der Waals surface area contributed by atoms with Crippen LogP contribution in [0.3, 0.4) is 0 Å². The average Bonchev–Trinajstić information content (AvgIpc) is 2.44. The Bertz CT molecular complexity index is 485. The summed E-state index contributed by atoms with van der Waals surface area (Å²) in [7, 11) is 0. The van der Waals surface area contributed by atoms with Gasteiger partial charge in [-0.05, 0) is 36.5 Å². The maximum absolute atomic E-state index is 11.6. The fourth-order valence-corrected chi connectivity index (χ4v) is 2.25. The molecule has 0 radical (unpaired) electrons. The Morgan fingerprint density at radius 3 is 2.62 bits per heavy atom. The zero-order valence-corrected chi connectivity index (χ0v) is 13.0. The number of urea groups is 1. The number of nitrogens with one attached hydrogen (secondary N) is 3. The van der Waals surface area contributed by atoms with E-state index in [-0.39, 0.29) is 5.96 Å². The van der Waals surface area contributed by atoms with Crippen molar-refractivity contribution in [2.24, 2.45) is 5.73 Å². The number of carbonyl (C=O) groups is 1. The van der Waals surface area contributed by atoms with Crippen molar-refractivity contribution in [1.29, 1.82) is 5.41 Å². The molecule has 0 aliphatic heterocycles. The third kappa shape index (κ3) is 6.29. The lowest BCUT2D eigenvalue weighted by Gasteiger charge is -2.12. The average molecular weight is 290 g/mol. The summed E-state index contributed by atoms with van der Waals surface area (Å²) in [5.41, 5.74) is 8.31. The van der Waals surface area contributed by atoms with Crippen molar-refractivity contribution in [2.45, 2.75) is 52.4 Å². The summed E-state index contributed by atoms with van der Waals surface area (Å²) >= 11 is 0. The molecule has 0 saturated carbocycles. The van der Waals surface area contributed by atoms with Gasteiger partial charge in [-0.1, -0.05) is 45.2 Å². The van der Waals surface area contributed by atoms with Crippen molar-refractivity contribution in [3.63, 3.8) is 0 Å². The summed E-state index contributed by atoms with van der Waals surface area (Å²) in [5.74, 6) is -0.363. The summed E-state index contributed by atoms with van der Waals surface area (Å²) in [6.45, 7) is 4.27. The molecule has 21 heavy (non-hydrogen) atoms. The maximum Gasteiger partial charge on any atom is 0.325 e. The second kappa shape index (κ2) is 9.00. The predicted molar refractivity (Wildman–Crippen MR) is 87.7 cm³/mol. The molecule has 0 atom stereocenters. The molecule has 0 heterocycles. The van der Waals surface area contributed by atoms with Gasteiger partial charge in [0.1, 0.15) is 0 Å². The molecule has 2 amide bonds. The molecule has 1 aromatic carbocycles. The van der Waals surface area contributed by atoms with Gasteiger partial charge in [-0.3, -0.25) is 10.7 Å². The summed E-state index contributed by atoms with van der Waals surface area (Å²) in [5, 5.41) is 12.0. The van der Waals surface area contributed by atoms with Gasteiger partial charge < -0.3 is 11.1 Å². The van der Waals surface area contributed by atoms with Crippen LogP contribution in [-0.2, 0) is 12.8 Å². The number of amides is 2. The molecule has 5 heteroatoms. The van der Waals surface area contributed by atoms with E-state index in [4.69, 9.17) is 11.1 Å². The van der Waals surface area contributed by atoms with Crippen molar-refractivity contribution < 1.29 is 4.79 Å². The Kier molecular flexibility index (Phi) is 7.29. The van der Waals surface area contributed by atoms with Crippen LogP contribution in [0.1, 0.15) is 50.7 Å². The lowest BCUT2D eigenvalue weighted by Crippen LogP contribution is -2.38. The molecule has 0 unspecified atom stereocenters. The highest BCUT2D eigenvalue weighted by atomic mass is 16.2. The molecule has 5 nitrogen and oxygen atoms in total. The van der Waals surface area contributed by atoms with E-state index in [0.717, 1.165) is 24.1 Å². The number of guanidine groups is 1. The second-order valence-electron chi connectivity index (χ2n) is 5.15. The van der Waals surface area contributed by atoms with Gasteiger partial charge in [-0.15, -0.1) is 0 Å². The minimum Gasteiger partial charge on any atom is -0.370 e. The van der Waals surface area contributed by atoms with Crippen LogP contribution >= 0.6 is 0 Å². The number of aryl methyl sites for hydroxylation is 2. The molecule has 116 valence electrons. The molecule has 0 aliphatic rings. The van der Waals surface area contributed by atoms with Gasteiger partial charge in [0.25, 0.3) is 0 Å². The third-order valence-electron chi connectivity index (χ3n) is 3.37. The summed E-state index contributed by atoms with van der Waals surface area (Å²) in [6, 6.07) is 5.64. The number of unbranched alkanes of at least 4 members (excludes halogenated alkanes) is 3. The van der Waals surface area contributed by atoms with Crippen molar-refractivity contribution >= 4 is 17.7 Å². The molecule has 1 rings (SSSR count). The van der Waals surface area contributed by atoms with Crippen molar-refractivity contribution in [3.8, 4) is 0 Å². The van der Waals surface area contributed by atoms with Gasteiger partial charge in [0, 0.05) is 5.69 Å². The fourth-order valence-electron chi connectivity index (χ4n) is 2.25. The largest absolute Gasteiger partial charge is 0.370 e. The SMILES string of the molecule is CCCCCCc1ccc(NC(=O)NC(=N)N)c(CC)c1. The first-order valence-corrected chi connectivity index (χ1v) is 7.60. The van der Waals surface area contributed by atoms with E-state index < -0.39 is 6.03 Å². The quantitative estimate of drug-likeness (QED) is 0.352. The van der Waals surface area contributed by atoms with Crippen LogP contribution in [0.5, 0.6) is 0 Å². The first-order chi connectivity index (χ1) is 10.1.